The van der Waals surface area contributed by atoms with Crippen LogP contribution in [0.4, 0.5) is 25.0 Å². The molecule has 2 N–H and O–H groups in total. The lowest BCUT2D eigenvalue weighted by molar-refractivity contribution is 0.0694. The number of benzene rings is 2. The van der Waals surface area contributed by atoms with Gasteiger partial charge in [0.2, 0.25) is 5.43 Å². The van der Waals surface area contributed by atoms with Crippen LogP contribution in [0.3, 0.4) is 0 Å². The van der Waals surface area contributed by atoms with Crippen molar-refractivity contribution in [3.05, 3.63) is 63.9 Å². The number of halogens is 2. The molecule has 12 heteroatoms. The minimum atomic E-state index is -1.36. The molecule has 3 aromatic rings. The number of rotatable bonds is 8. The van der Waals surface area contributed by atoms with Gasteiger partial charge < -0.3 is 29.2 Å². The van der Waals surface area contributed by atoms with Crippen LogP contribution >= 0.6 is 0 Å². The number of carbonyl (C=O) groups excluding carboxylic acids is 1. The number of amides is 1. The number of hydrogen-bond acceptors (Lipinski definition) is 7. The summed E-state index contributed by atoms with van der Waals surface area (Å²) >= 11 is 0. The van der Waals surface area contributed by atoms with Gasteiger partial charge in [-0.3, -0.25) is 9.69 Å². The Morgan fingerprint density at radius 2 is 1.88 bits per heavy atom. The Balaban J connectivity index is 1.23. The Morgan fingerprint density at radius 3 is 2.50 bits per heavy atom. The van der Waals surface area contributed by atoms with Crippen molar-refractivity contribution in [3.63, 3.8) is 0 Å². The number of carboxylic acids is 1. The number of aryl methyl sites for hydroxylation is 1. The number of aliphatic hydroxyl groups is 1. The highest BCUT2D eigenvalue weighted by atomic mass is 19.1. The lowest BCUT2D eigenvalue weighted by atomic mass is 9.97. The number of carbonyl (C=O) groups is 2. The standard InChI is InChI=1S/C28H29F2N3O7/c1-2-31-13-20(27(36)37)26(35)19-10-21(29)24(11-23(19)31)32-7-5-16(6-8-32)15-39-25-4-3-17(9-22(25)30)33-12-18(14-34)40-28(33)38/h3-4,9-11,13,16,18,34H,2,5-8,12,14-15H2,1H3,(H,36,37). The van der Waals surface area contributed by atoms with Crippen LogP contribution < -0.4 is 20.0 Å². The van der Waals surface area contributed by atoms with Gasteiger partial charge in [-0.2, -0.15) is 0 Å². The summed E-state index contributed by atoms with van der Waals surface area (Å²) in [6.45, 7) is 3.33. The predicted octanol–water partition coefficient (Wildman–Crippen LogP) is 3.61. The maximum atomic E-state index is 15.1. The fourth-order valence-corrected chi connectivity index (χ4v) is 5.21. The van der Waals surface area contributed by atoms with E-state index in [1.54, 1.807) is 16.7 Å². The summed E-state index contributed by atoms with van der Waals surface area (Å²) in [5.41, 5.74) is -0.00984. The van der Waals surface area contributed by atoms with E-state index in [1.165, 1.54) is 23.2 Å². The van der Waals surface area contributed by atoms with Gasteiger partial charge in [0.25, 0.3) is 0 Å². The first-order valence-corrected chi connectivity index (χ1v) is 13.1. The number of aromatic nitrogens is 1. The number of ether oxygens (including phenoxy) is 2. The van der Waals surface area contributed by atoms with Crippen molar-refractivity contribution in [2.24, 2.45) is 5.92 Å². The fraction of sp³-hybridized carbons (Fsp3) is 0.393. The summed E-state index contributed by atoms with van der Waals surface area (Å²) in [5, 5.41) is 18.5. The first-order valence-electron chi connectivity index (χ1n) is 13.1. The first-order chi connectivity index (χ1) is 19.2. The molecule has 3 heterocycles. The minimum Gasteiger partial charge on any atom is -0.490 e. The zero-order valence-electron chi connectivity index (χ0n) is 21.8. The second kappa shape index (κ2) is 11.1. The van der Waals surface area contributed by atoms with Crippen LogP contribution in [0, 0.1) is 17.6 Å². The van der Waals surface area contributed by atoms with E-state index in [9.17, 15) is 29.0 Å². The monoisotopic (exact) mass is 557 g/mol. The lowest BCUT2D eigenvalue weighted by Crippen LogP contribution is -2.36. The van der Waals surface area contributed by atoms with Crippen LogP contribution in [0.15, 0.2) is 41.3 Å². The fourth-order valence-electron chi connectivity index (χ4n) is 5.21. The van der Waals surface area contributed by atoms with Crippen LogP contribution in [0.25, 0.3) is 10.9 Å². The number of pyridine rings is 1. The second-order valence-corrected chi connectivity index (χ2v) is 9.94. The van der Waals surface area contributed by atoms with Crippen molar-refractivity contribution in [1.82, 2.24) is 4.57 Å². The highest BCUT2D eigenvalue weighted by Gasteiger charge is 2.32. The molecular formula is C28H29F2N3O7. The van der Waals surface area contributed by atoms with E-state index in [0.717, 1.165) is 6.07 Å². The molecule has 0 saturated carbocycles. The van der Waals surface area contributed by atoms with E-state index in [2.05, 4.69) is 0 Å². The van der Waals surface area contributed by atoms with Gasteiger partial charge in [-0.25, -0.2) is 18.4 Å². The number of aromatic carboxylic acids is 1. The Bertz CT molecular complexity index is 1520. The maximum Gasteiger partial charge on any atom is 0.414 e. The lowest BCUT2D eigenvalue weighted by Gasteiger charge is -2.34. The van der Waals surface area contributed by atoms with Crippen molar-refractivity contribution >= 4 is 34.3 Å². The van der Waals surface area contributed by atoms with Gasteiger partial charge in [-0.05, 0) is 49.9 Å². The summed E-state index contributed by atoms with van der Waals surface area (Å²) in [6, 6.07) is 6.90. The van der Waals surface area contributed by atoms with Crippen LogP contribution in [0.2, 0.25) is 0 Å². The molecule has 0 aliphatic carbocycles. The molecule has 40 heavy (non-hydrogen) atoms. The summed E-state index contributed by atoms with van der Waals surface area (Å²) in [7, 11) is 0. The molecule has 0 radical (unpaired) electrons. The molecule has 2 fully saturated rings. The molecule has 2 aromatic carbocycles. The molecule has 1 aromatic heterocycles. The SMILES string of the molecule is CCn1cc(C(=O)O)c(=O)c2cc(F)c(N3CCC(COc4ccc(N5CC(CO)OC5=O)cc4F)CC3)cc21. The molecule has 0 spiro atoms. The number of carboxylic acid groups (broad SMARTS) is 1. The number of fused-ring (bicyclic) bond motifs is 1. The Labute approximate surface area is 227 Å². The minimum absolute atomic E-state index is 0.0224. The van der Waals surface area contributed by atoms with Crippen molar-refractivity contribution in [2.75, 3.05) is 42.6 Å². The number of nitrogens with zero attached hydrogens (tertiary/aromatic N) is 3. The van der Waals surface area contributed by atoms with Crippen molar-refractivity contribution < 1.29 is 38.1 Å². The number of piperidine rings is 1. The van der Waals surface area contributed by atoms with Crippen molar-refractivity contribution in [1.29, 1.82) is 0 Å². The van der Waals surface area contributed by atoms with E-state index in [1.807, 2.05) is 11.8 Å². The molecule has 2 aliphatic rings. The third-order valence-electron chi connectivity index (χ3n) is 7.45. The van der Waals surface area contributed by atoms with E-state index in [4.69, 9.17) is 9.47 Å². The van der Waals surface area contributed by atoms with Gasteiger partial charge in [0.15, 0.2) is 11.6 Å². The van der Waals surface area contributed by atoms with Gasteiger partial charge in [0.1, 0.15) is 17.5 Å². The maximum absolute atomic E-state index is 15.1. The number of cyclic esters (lactones) is 1. The Kier molecular flexibility index (Phi) is 7.61. The Morgan fingerprint density at radius 1 is 1.12 bits per heavy atom. The zero-order chi connectivity index (χ0) is 28.6. The van der Waals surface area contributed by atoms with Crippen LogP contribution in [-0.2, 0) is 11.3 Å². The highest BCUT2D eigenvalue weighted by Crippen LogP contribution is 2.31. The van der Waals surface area contributed by atoms with Gasteiger partial charge in [0.05, 0.1) is 36.6 Å². The van der Waals surface area contributed by atoms with E-state index < -0.39 is 40.8 Å². The average molecular weight is 558 g/mol. The molecule has 1 amide bonds. The number of aliphatic hydroxyl groups excluding tert-OH is 1. The van der Waals surface area contributed by atoms with E-state index >= 15 is 4.39 Å². The third-order valence-corrected chi connectivity index (χ3v) is 7.45. The summed E-state index contributed by atoms with van der Waals surface area (Å²) < 4.78 is 42.2. The topological polar surface area (TPSA) is 122 Å². The van der Waals surface area contributed by atoms with Gasteiger partial charge >= 0.3 is 12.1 Å². The molecule has 5 rings (SSSR count). The van der Waals surface area contributed by atoms with Crippen LogP contribution in [-0.4, -0.2) is 65.8 Å². The summed E-state index contributed by atoms with van der Waals surface area (Å²) in [5.74, 6) is -2.42. The summed E-state index contributed by atoms with van der Waals surface area (Å²) in [6.07, 6.45) is 1.31. The number of anilines is 2. The molecule has 2 aliphatic heterocycles. The van der Waals surface area contributed by atoms with Gasteiger partial charge in [0, 0.05) is 37.3 Å². The van der Waals surface area contributed by atoms with Crippen LogP contribution in [0.5, 0.6) is 5.75 Å². The Hall–Kier alpha value is -4.19. The van der Waals surface area contributed by atoms with Crippen molar-refractivity contribution in [3.8, 4) is 5.75 Å². The average Bonchev–Trinajstić information content (AvgIpc) is 3.33. The largest absolute Gasteiger partial charge is 0.490 e. The summed E-state index contributed by atoms with van der Waals surface area (Å²) in [4.78, 5) is 39.1. The van der Waals surface area contributed by atoms with Crippen LogP contribution in [0.1, 0.15) is 30.1 Å². The normalized spacial score (nSPS) is 17.9. The van der Waals surface area contributed by atoms with E-state index in [0.29, 0.717) is 49.4 Å². The smallest absolute Gasteiger partial charge is 0.414 e. The number of hydrogen-bond donors (Lipinski definition) is 2. The van der Waals surface area contributed by atoms with Gasteiger partial charge in [-0.1, -0.05) is 0 Å². The molecule has 10 nitrogen and oxygen atoms in total. The first kappa shape index (κ1) is 27.4. The molecule has 1 atom stereocenters. The molecule has 0 bridgehead atoms. The quantitative estimate of drug-likeness (QED) is 0.431. The molecule has 212 valence electrons. The highest BCUT2D eigenvalue weighted by molar-refractivity contribution is 5.93. The third kappa shape index (κ3) is 5.18. The molecular weight excluding hydrogens is 528 g/mol. The zero-order valence-corrected chi connectivity index (χ0v) is 21.8. The molecule has 1 unspecified atom stereocenters. The molecule has 2 saturated heterocycles. The second-order valence-electron chi connectivity index (χ2n) is 9.94. The predicted molar refractivity (Wildman–Crippen MR) is 142 cm³/mol. The van der Waals surface area contributed by atoms with Crippen molar-refractivity contribution in [2.45, 2.75) is 32.4 Å². The van der Waals surface area contributed by atoms with E-state index in [-0.39, 0.29) is 36.8 Å². The van der Waals surface area contributed by atoms with Gasteiger partial charge in [-0.15, -0.1) is 0 Å².